The molecule has 14 heavy (non-hydrogen) atoms. The first-order chi connectivity index (χ1) is 6.72. The van der Waals surface area contributed by atoms with Gasteiger partial charge in [-0.15, -0.1) is 9.24 Å². The lowest BCUT2D eigenvalue weighted by atomic mass is 10.1. The minimum Gasteiger partial charge on any atom is -0.321 e. The maximum absolute atomic E-state index is 11.1. The summed E-state index contributed by atoms with van der Waals surface area (Å²) in [5, 5.41) is 10.7. The van der Waals surface area contributed by atoms with Crippen LogP contribution in [0.5, 0.6) is 0 Å². The molecular formula is C10H7N2OP. The number of pyridine rings is 1. The SMILES string of the molecule is N#Cc1ccc(P)c2ccc(=O)[nH]c12. The van der Waals surface area contributed by atoms with E-state index in [2.05, 4.69) is 14.2 Å². The second-order valence-electron chi connectivity index (χ2n) is 2.93. The van der Waals surface area contributed by atoms with Crippen LogP contribution in [0, 0.1) is 11.3 Å². The highest BCUT2D eigenvalue weighted by molar-refractivity contribution is 7.28. The summed E-state index contributed by atoms with van der Waals surface area (Å²) in [6.07, 6.45) is 0. The van der Waals surface area contributed by atoms with Crippen LogP contribution in [0.3, 0.4) is 0 Å². The molecule has 0 radical (unpaired) electrons. The third-order valence-corrected chi connectivity index (χ3v) is 2.55. The second-order valence-corrected chi connectivity index (χ2v) is 3.55. The van der Waals surface area contributed by atoms with Gasteiger partial charge in [0.05, 0.1) is 11.1 Å². The molecular weight excluding hydrogens is 195 g/mol. The van der Waals surface area contributed by atoms with Crippen LogP contribution in [-0.2, 0) is 0 Å². The number of benzene rings is 1. The van der Waals surface area contributed by atoms with E-state index in [1.807, 2.05) is 12.1 Å². The third-order valence-electron chi connectivity index (χ3n) is 2.05. The van der Waals surface area contributed by atoms with E-state index in [0.29, 0.717) is 11.1 Å². The predicted octanol–water partition coefficient (Wildman–Crippen LogP) is 0.900. The Bertz CT molecular complexity index is 595. The van der Waals surface area contributed by atoms with Gasteiger partial charge in [-0.1, -0.05) is 6.07 Å². The predicted molar refractivity (Wildman–Crippen MR) is 58.6 cm³/mol. The van der Waals surface area contributed by atoms with E-state index < -0.39 is 0 Å². The quantitative estimate of drug-likeness (QED) is 0.645. The van der Waals surface area contributed by atoms with Crippen molar-refractivity contribution in [3.05, 3.63) is 40.2 Å². The molecule has 4 heteroatoms. The van der Waals surface area contributed by atoms with Gasteiger partial charge in [0.15, 0.2) is 0 Å². The Labute approximate surface area is 82.6 Å². The van der Waals surface area contributed by atoms with Crippen molar-refractivity contribution in [1.29, 1.82) is 5.26 Å². The summed E-state index contributed by atoms with van der Waals surface area (Å²) in [5.74, 6) is 0. The fourth-order valence-electron chi connectivity index (χ4n) is 1.37. The number of aromatic amines is 1. The molecule has 1 heterocycles. The molecule has 1 atom stereocenters. The lowest BCUT2D eigenvalue weighted by Crippen LogP contribution is -2.06. The first-order valence-corrected chi connectivity index (χ1v) is 4.62. The van der Waals surface area contributed by atoms with E-state index in [-0.39, 0.29) is 5.56 Å². The summed E-state index contributed by atoms with van der Waals surface area (Å²) in [6.45, 7) is 0. The second kappa shape index (κ2) is 3.25. The number of nitriles is 1. The number of nitrogens with one attached hydrogen (secondary N) is 1. The van der Waals surface area contributed by atoms with Crippen molar-refractivity contribution in [2.75, 3.05) is 0 Å². The van der Waals surface area contributed by atoms with Crippen molar-refractivity contribution in [3.8, 4) is 6.07 Å². The Kier molecular flexibility index (Phi) is 2.07. The monoisotopic (exact) mass is 202 g/mol. The molecule has 0 spiro atoms. The number of H-pyrrole nitrogens is 1. The maximum atomic E-state index is 11.1. The van der Waals surface area contributed by atoms with Crippen LogP contribution >= 0.6 is 9.24 Å². The van der Waals surface area contributed by atoms with Crippen molar-refractivity contribution < 1.29 is 0 Å². The standard InChI is InChI=1S/C10H7N2OP/c11-5-6-1-3-8(14)7-2-4-9(13)12-10(6)7/h1-4H,14H2,(H,12,13). The van der Waals surface area contributed by atoms with E-state index in [9.17, 15) is 4.79 Å². The van der Waals surface area contributed by atoms with Gasteiger partial charge in [-0.05, 0) is 17.4 Å². The molecule has 68 valence electrons. The largest absolute Gasteiger partial charge is 0.321 e. The topological polar surface area (TPSA) is 56.6 Å². The van der Waals surface area contributed by atoms with Gasteiger partial charge in [-0.25, -0.2) is 0 Å². The summed E-state index contributed by atoms with van der Waals surface area (Å²) in [7, 11) is 2.57. The molecule has 0 aliphatic rings. The van der Waals surface area contributed by atoms with Crippen LogP contribution in [0.15, 0.2) is 29.1 Å². The van der Waals surface area contributed by atoms with Crippen molar-refractivity contribution in [2.45, 2.75) is 0 Å². The van der Waals surface area contributed by atoms with Crippen molar-refractivity contribution in [1.82, 2.24) is 4.98 Å². The average Bonchev–Trinajstić information content (AvgIpc) is 2.18. The van der Waals surface area contributed by atoms with Crippen LogP contribution in [0.2, 0.25) is 0 Å². The first-order valence-electron chi connectivity index (χ1n) is 4.04. The molecule has 0 aliphatic carbocycles. The van der Waals surface area contributed by atoms with Gasteiger partial charge in [0.25, 0.3) is 0 Å². The highest BCUT2D eigenvalue weighted by atomic mass is 31.0. The minimum atomic E-state index is -0.190. The molecule has 1 aromatic carbocycles. The fraction of sp³-hybridized carbons (Fsp3) is 0. The Balaban J connectivity index is 3.01. The molecule has 1 N–H and O–H groups in total. The molecule has 0 saturated carbocycles. The van der Waals surface area contributed by atoms with Crippen LogP contribution in [0.1, 0.15) is 5.56 Å². The van der Waals surface area contributed by atoms with E-state index >= 15 is 0 Å². The van der Waals surface area contributed by atoms with Crippen molar-refractivity contribution in [2.24, 2.45) is 0 Å². The summed E-state index contributed by atoms with van der Waals surface area (Å²) in [5.41, 5.74) is 0.904. The van der Waals surface area contributed by atoms with Gasteiger partial charge in [0, 0.05) is 11.5 Å². The Morgan fingerprint density at radius 2 is 2.07 bits per heavy atom. The summed E-state index contributed by atoms with van der Waals surface area (Å²) in [4.78, 5) is 13.7. The molecule has 1 aromatic heterocycles. The van der Waals surface area contributed by atoms with Gasteiger partial charge in [0.1, 0.15) is 6.07 Å². The summed E-state index contributed by atoms with van der Waals surface area (Å²) < 4.78 is 0. The lowest BCUT2D eigenvalue weighted by molar-refractivity contribution is 1.30. The lowest BCUT2D eigenvalue weighted by Gasteiger charge is -2.02. The highest BCUT2D eigenvalue weighted by Crippen LogP contribution is 2.13. The summed E-state index contributed by atoms with van der Waals surface area (Å²) >= 11 is 0. The number of hydrogen-bond donors (Lipinski definition) is 1. The zero-order valence-electron chi connectivity index (χ0n) is 7.24. The smallest absolute Gasteiger partial charge is 0.248 e. The van der Waals surface area contributed by atoms with Crippen LogP contribution in [0.25, 0.3) is 10.9 Å². The van der Waals surface area contributed by atoms with E-state index in [0.717, 1.165) is 10.7 Å². The Morgan fingerprint density at radius 3 is 2.79 bits per heavy atom. The summed E-state index contributed by atoms with van der Waals surface area (Å²) in [6, 6.07) is 8.75. The van der Waals surface area contributed by atoms with Gasteiger partial charge in [0.2, 0.25) is 5.56 Å². The fourth-order valence-corrected chi connectivity index (χ4v) is 1.70. The van der Waals surface area contributed by atoms with Crippen molar-refractivity contribution >= 4 is 25.4 Å². The average molecular weight is 202 g/mol. The first kappa shape index (κ1) is 8.93. The van der Waals surface area contributed by atoms with E-state index in [1.54, 1.807) is 12.1 Å². The normalized spacial score (nSPS) is 10.0. The van der Waals surface area contributed by atoms with Gasteiger partial charge < -0.3 is 4.98 Å². The van der Waals surface area contributed by atoms with Crippen LogP contribution in [0.4, 0.5) is 0 Å². The van der Waals surface area contributed by atoms with Gasteiger partial charge in [-0.3, -0.25) is 4.79 Å². The molecule has 0 aliphatic heterocycles. The third kappa shape index (κ3) is 1.30. The minimum absolute atomic E-state index is 0.190. The zero-order valence-corrected chi connectivity index (χ0v) is 8.40. The number of aromatic nitrogens is 1. The van der Waals surface area contributed by atoms with Gasteiger partial charge in [-0.2, -0.15) is 5.26 Å². The Hall–Kier alpha value is -1.65. The number of fused-ring (bicyclic) bond motifs is 1. The molecule has 0 bridgehead atoms. The molecule has 0 saturated heterocycles. The number of hydrogen-bond acceptors (Lipinski definition) is 2. The van der Waals surface area contributed by atoms with Gasteiger partial charge >= 0.3 is 0 Å². The maximum Gasteiger partial charge on any atom is 0.248 e. The van der Waals surface area contributed by atoms with Crippen molar-refractivity contribution in [3.63, 3.8) is 0 Å². The van der Waals surface area contributed by atoms with Crippen LogP contribution < -0.4 is 10.9 Å². The molecule has 2 aromatic rings. The Morgan fingerprint density at radius 1 is 1.29 bits per heavy atom. The van der Waals surface area contributed by atoms with Crippen LogP contribution in [-0.4, -0.2) is 4.98 Å². The van der Waals surface area contributed by atoms with E-state index in [1.165, 1.54) is 6.07 Å². The molecule has 3 nitrogen and oxygen atoms in total. The number of nitrogens with zero attached hydrogens (tertiary/aromatic N) is 1. The van der Waals surface area contributed by atoms with E-state index in [4.69, 9.17) is 5.26 Å². The number of rotatable bonds is 0. The molecule has 1 unspecified atom stereocenters. The molecule has 0 amide bonds. The molecule has 0 fully saturated rings. The zero-order chi connectivity index (χ0) is 10.1. The highest BCUT2D eigenvalue weighted by Gasteiger charge is 2.03. The molecule has 2 rings (SSSR count).